The fraction of sp³-hybridized carbons (Fsp3) is 0.231. The van der Waals surface area contributed by atoms with Crippen LogP contribution < -0.4 is 25.2 Å². The molecule has 0 aromatic heterocycles. The van der Waals surface area contributed by atoms with E-state index < -0.39 is 5.92 Å². The van der Waals surface area contributed by atoms with Crippen LogP contribution in [-0.4, -0.2) is 25.5 Å². The average molecular weight is 524 g/mol. The number of hydrazine groups is 1. The van der Waals surface area contributed by atoms with Gasteiger partial charge in [0.1, 0.15) is 6.61 Å². The van der Waals surface area contributed by atoms with Crippen LogP contribution in [0.3, 0.4) is 0 Å². The molecule has 3 aromatic rings. The number of rotatable bonds is 8. The molecule has 1 aliphatic heterocycles. The van der Waals surface area contributed by atoms with Crippen LogP contribution in [0.25, 0.3) is 0 Å². The van der Waals surface area contributed by atoms with Gasteiger partial charge >= 0.3 is 0 Å². The Morgan fingerprint density at radius 2 is 1.82 bits per heavy atom. The van der Waals surface area contributed by atoms with E-state index >= 15 is 0 Å². The lowest BCUT2D eigenvalue weighted by Gasteiger charge is -2.19. The fourth-order valence-electron chi connectivity index (χ4n) is 3.75. The number of anilines is 2. The number of carbonyl (C=O) groups excluding carboxylic acids is 2. The summed E-state index contributed by atoms with van der Waals surface area (Å²) in [5, 5.41) is 0. The van der Waals surface area contributed by atoms with Gasteiger partial charge in [0, 0.05) is 23.1 Å². The van der Waals surface area contributed by atoms with E-state index in [1.54, 1.807) is 30.2 Å². The lowest BCUT2D eigenvalue weighted by atomic mass is 10.1. The van der Waals surface area contributed by atoms with Crippen molar-refractivity contribution in [3.05, 3.63) is 82.3 Å². The number of nitrogens with zero attached hydrogens (tertiary/aromatic N) is 1. The maximum absolute atomic E-state index is 12.8. The zero-order valence-electron chi connectivity index (χ0n) is 19.0. The van der Waals surface area contributed by atoms with E-state index in [9.17, 15) is 9.59 Å². The molecule has 0 bridgehead atoms. The van der Waals surface area contributed by atoms with Crippen LogP contribution in [0.4, 0.5) is 11.4 Å². The van der Waals surface area contributed by atoms with E-state index in [0.717, 1.165) is 21.3 Å². The Labute approximate surface area is 207 Å². The van der Waals surface area contributed by atoms with Crippen LogP contribution in [0.1, 0.15) is 17.5 Å². The number of benzene rings is 3. The Kier molecular flexibility index (Phi) is 7.37. The number of ether oxygens (including phenoxy) is 2. The third kappa shape index (κ3) is 5.51. The predicted octanol–water partition coefficient (Wildman–Crippen LogP) is 4.84. The highest BCUT2D eigenvalue weighted by Gasteiger charge is 2.35. The molecule has 0 spiro atoms. The van der Waals surface area contributed by atoms with Gasteiger partial charge < -0.3 is 14.4 Å². The second-order valence-corrected chi connectivity index (χ2v) is 9.02. The number of halogens is 1. The molecular weight excluding hydrogens is 498 g/mol. The van der Waals surface area contributed by atoms with E-state index in [2.05, 4.69) is 26.8 Å². The van der Waals surface area contributed by atoms with Crippen molar-refractivity contribution in [3.8, 4) is 11.5 Å². The Balaban J connectivity index is 1.40. The minimum Gasteiger partial charge on any atom is -0.493 e. The van der Waals surface area contributed by atoms with Crippen LogP contribution in [0.5, 0.6) is 11.5 Å². The molecule has 0 saturated carbocycles. The number of nitrogens with one attached hydrogen (secondary N) is 2. The van der Waals surface area contributed by atoms with Gasteiger partial charge in [0.05, 0.1) is 18.7 Å². The van der Waals surface area contributed by atoms with Crippen molar-refractivity contribution in [2.24, 2.45) is 5.92 Å². The second-order valence-electron chi connectivity index (χ2n) is 8.11. The summed E-state index contributed by atoms with van der Waals surface area (Å²) in [7, 11) is 1.56. The molecule has 1 saturated heterocycles. The van der Waals surface area contributed by atoms with E-state index in [1.165, 1.54) is 0 Å². The van der Waals surface area contributed by atoms with Gasteiger partial charge in [-0.05, 0) is 48.9 Å². The summed E-state index contributed by atoms with van der Waals surface area (Å²) in [5.74, 6) is 0.238. The fourth-order valence-corrected chi connectivity index (χ4v) is 4.01. The quantitative estimate of drug-likeness (QED) is 0.413. The molecule has 8 heteroatoms. The number of carbonyl (C=O) groups is 2. The molecule has 0 unspecified atom stereocenters. The molecule has 4 rings (SSSR count). The first-order valence-electron chi connectivity index (χ1n) is 10.9. The molecule has 2 N–H and O–H groups in total. The predicted molar refractivity (Wildman–Crippen MR) is 135 cm³/mol. The van der Waals surface area contributed by atoms with Crippen molar-refractivity contribution in [2.75, 3.05) is 24.0 Å². The lowest BCUT2D eigenvalue weighted by molar-refractivity contribution is -0.125. The highest BCUT2D eigenvalue weighted by atomic mass is 79.9. The number of amides is 2. The summed E-state index contributed by atoms with van der Waals surface area (Å²) in [5.41, 5.74) is 9.14. The summed E-state index contributed by atoms with van der Waals surface area (Å²) < 4.78 is 12.5. The van der Waals surface area contributed by atoms with E-state index in [4.69, 9.17) is 9.47 Å². The normalized spacial score (nSPS) is 15.2. The molecule has 2 amide bonds. The second kappa shape index (κ2) is 10.6. The minimum absolute atomic E-state index is 0.0658. The first-order valence-corrected chi connectivity index (χ1v) is 11.7. The minimum atomic E-state index is -0.459. The molecule has 1 atom stereocenters. The Morgan fingerprint density at radius 3 is 2.53 bits per heavy atom. The third-order valence-electron chi connectivity index (χ3n) is 5.66. The van der Waals surface area contributed by atoms with Crippen molar-refractivity contribution < 1.29 is 19.1 Å². The molecule has 1 aliphatic rings. The first-order chi connectivity index (χ1) is 16.4. The van der Waals surface area contributed by atoms with Gasteiger partial charge in [0.15, 0.2) is 11.5 Å². The Bertz CT molecular complexity index is 1170. The number of methoxy groups -OCH3 is 1. The van der Waals surface area contributed by atoms with Crippen molar-refractivity contribution in [2.45, 2.75) is 20.0 Å². The maximum atomic E-state index is 12.8. The topological polar surface area (TPSA) is 79.9 Å². The van der Waals surface area contributed by atoms with Crippen LogP contribution >= 0.6 is 15.9 Å². The molecule has 34 heavy (non-hydrogen) atoms. The number of para-hydroxylation sites is 1. The van der Waals surface area contributed by atoms with Crippen LogP contribution in [0.2, 0.25) is 0 Å². The monoisotopic (exact) mass is 523 g/mol. The van der Waals surface area contributed by atoms with Crippen molar-refractivity contribution >= 4 is 39.1 Å². The van der Waals surface area contributed by atoms with Crippen molar-refractivity contribution in [3.63, 3.8) is 0 Å². The smallest absolute Gasteiger partial charge is 0.243 e. The zero-order chi connectivity index (χ0) is 24.1. The summed E-state index contributed by atoms with van der Waals surface area (Å²) in [6.07, 6.45) is 0.159. The van der Waals surface area contributed by atoms with Gasteiger partial charge in [0.25, 0.3) is 0 Å². The molecular formula is C26H26BrN3O4. The standard InChI is InChI=1S/C26H26BrN3O4/c1-17-6-12-21(13-7-17)30-15-19(14-24(30)31)26(32)29-28-22-4-3-5-23(33-2)25(22)34-16-18-8-10-20(27)11-9-18/h3-13,19,28H,14-16H2,1-2H3,(H,29,32)/t19-/m0/s1. The number of aryl methyl sites for hydroxylation is 1. The molecule has 3 aromatic carbocycles. The molecule has 0 radical (unpaired) electrons. The number of hydrogen-bond acceptors (Lipinski definition) is 5. The lowest BCUT2D eigenvalue weighted by Crippen LogP contribution is -2.36. The molecule has 176 valence electrons. The average Bonchev–Trinajstić information content (AvgIpc) is 3.24. The summed E-state index contributed by atoms with van der Waals surface area (Å²) in [4.78, 5) is 27.0. The van der Waals surface area contributed by atoms with E-state index in [1.807, 2.05) is 55.5 Å². The van der Waals surface area contributed by atoms with Gasteiger partial charge in [-0.2, -0.15) is 0 Å². The highest BCUT2D eigenvalue weighted by Crippen LogP contribution is 2.35. The number of hydrogen-bond donors (Lipinski definition) is 2. The SMILES string of the molecule is COc1cccc(NNC(=O)[C@H]2CC(=O)N(c3ccc(C)cc3)C2)c1OCc1ccc(Br)cc1. The van der Waals surface area contributed by atoms with Crippen LogP contribution in [0.15, 0.2) is 71.2 Å². The van der Waals surface area contributed by atoms with Crippen LogP contribution in [0, 0.1) is 12.8 Å². The molecule has 7 nitrogen and oxygen atoms in total. The van der Waals surface area contributed by atoms with Gasteiger partial charge in [-0.25, -0.2) is 0 Å². The Morgan fingerprint density at radius 1 is 1.09 bits per heavy atom. The van der Waals surface area contributed by atoms with Gasteiger partial charge in [-0.15, -0.1) is 0 Å². The van der Waals surface area contributed by atoms with E-state index in [0.29, 0.717) is 30.3 Å². The van der Waals surface area contributed by atoms with Gasteiger partial charge in [-0.1, -0.05) is 51.8 Å². The van der Waals surface area contributed by atoms with Gasteiger partial charge in [0.2, 0.25) is 11.8 Å². The van der Waals surface area contributed by atoms with Crippen molar-refractivity contribution in [1.82, 2.24) is 5.43 Å². The van der Waals surface area contributed by atoms with Gasteiger partial charge in [-0.3, -0.25) is 20.4 Å². The highest BCUT2D eigenvalue weighted by molar-refractivity contribution is 9.10. The largest absolute Gasteiger partial charge is 0.493 e. The van der Waals surface area contributed by atoms with Crippen LogP contribution in [-0.2, 0) is 16.2 Å². The first kappa shape index (κ1) is 23.6. The summed E-state index contributed by atoms with van der Waals surface area (Å²) in [6.45, 7) is 2.66. The molecule has 1 fully saturated rings. The summed E-state index contributed by atoms with van der Waals surface area (Å²) >= 11 is 3.43. The maximum Gasteiger partial charge on any atom is 0.243 e. The Hall–Kier alpha value is -3.52. The molecule has 0 aliphatic carbocycles. The molecule has 1 heterocycles. The third-order valence-corrected chi connectivity index (χ3v) is 6.19. The van der Waals surface area contributed by atoms with Crippen molar-refractivity contribution in [1.29, 1.82) is 0 Å². The van der Waals surface area contributed by atoms with E-state index in [-0.39, 0.29) is 18.2 Å². The zero-order valence-corrected chi connectivity index (χ0v) is 20.6. The summed E-state index contributed by atoms with van der Waals surface area (Å²) in [6, 6.07) is 20.9.